The molecule has 0 radical (unpaired) electrons. The van der Waals surface area contributed by atoms with Gasteiger partial charge in [-0.05, 0) is 80.4 Å². The standard InChI is InChI=1S/C50H42O9/c51-40-12-6-4-10-33(40)20-29-14-17-42(53)35(22-29)23-31-16-19-43(54)36(25-31)26-38-48(57)39(27-37-24-30(15-18-44(37)55)21-34-11-5-7-13-41(34)52)50-47(49(38)58)45(56)28-46(59-50)32-8-2-1-3-9-32/h1-19,22,24-25,46,51-55,57-58H,20-21,23,26-28H2/t46-/m0/s1. The lowest BCUT2D eigenvalue weighted by Crippen LogP contribution is -2.22. The Balaban J connectivity index is 1.16. The van der Waals surface area contributed by atoms with E-state index >= 15 is 0 Å². The van der Waals surface area contributed by atoms with Crippen molar-refractivity contribution in [1.29, 1.82) is 0 Å². The third-order valence-electron chi connectivity index (χ3n) is 11.0. The second-order valence-corrected chi connectivity index (χ2v) is 15.0. The van der Waals surface area contributed by atoms with E-state index in [0.717, 1.165) is 27.8 Å². The van der Waals surface area contributed by atoms with E-state index in [9.17, 15) is 40.5 Å². The van der Waals surface area contributed by atoms with Gasteiger partial charge in [-0.15, -0.1) is 0 Å². The van der Waals surface area contributed by atoms with Gasteiger partial charge in [0.05, 0.1) is 6.42 Å². The zero-order chi connectivity index (χ0) is 41.2. The summed E-state index contributed by atoms with van der Waals surface area (Å²) >= 11 is 0. The van der Waals surface area contributed by atoms with Crippen LogP contribution in [-0.2, 0) is 32.1 Å². The van der Waals surface area contributed by atoms with Gasteiger partial charge in [-0.2, -0.15) is 0 Å². The van der Waals surface area contributed by atoms with Crippen LogP contribution in [0.3, 0.4) is 0 Å². The fourth-order valence-electron chi connectivity index (χ4n) is 7.87. The second kappa shape index (κ2) is 16.2. The SMILES string of the molecule is O=C1C[C@@H](c2ccccc2)Oc2c(Cc3cc(Cc4ccccc4O)ccc3O)c(O)c(Cc3cc(Cc4cc(Cc5ccccc5O)ccc4O)ccc3O)c(O)c21. The van der Waals surface area contributed by atoms with Crippen LogP contribution in [0.4, 0.5) is 0 Å². The summed E-state index contributed by atoms with van der Waals surface area (Å²) in [6.45, 7) is 0. The summed E-state index contributed by atoms with van der Waals surface area (Å²) in [7, 11) is 0. The molecule has 0 saturated heterocycles. The molecular weight excluding hydrogens is 745 g/mol. The van der Waals surface area contributed by atoms with Crippen molar-refractivity contribution in [2.24, 2.45) is 0 Å². The lowest BCUT2D eigenvalue weighted by Gasteiger charge is -2.30. The molecule has 1 heterocycles. The maximum atomic E-state index is 14.0. The Morgan fingerprint density at radius 2 is 0.864 bits per heavy atom. The molecule has 0 amide bonds. The van der Waals surface area contributed by atoms with Crippen LogP contribution in [-0.4, -0.2) is 41.5 Å². The predicted octanol–water partition coefficient (Wildman–Crippen LogP) is 9.29. The Labute approximate surface area is 341 Å². The van der Waals surface area contributed by atoms with E-state index in [0.29, 0.717) is 35.1 Å². The van der Waals surface area contributed by atoms with Crippen LogP contribution in [0.5, 0.6) is 46.0 Å². The Kier molecular flexibility index (Phi) is 10.6. The van der Waals surface area contributed by atoms with Gasteiger partial charge in [0.1, 0.15) is 57.7 Å². The molecule has 9 heteroatoms. The molecular formula is C50H42O9. The number of aromatic hydroxyl groups is 7. The predicted molar refractivity (Wildman–Crippen MR) is 223 cm³/mol. The highest BCUT2D eigenvalue weighted by Crippen LogP contribution is 2.50. The van der Waals surface area contributed by atoms with Crippen LogP contribution in [0.15, 0.2) is 133 Å². The molecule has 59 heavy (non-hydrogen) atoms. The quantitative estimate of drug-likeness (QED) is 0.0676. The molecule has 0 bridgehead atoms. The van der Waals surface area contributed by atoms with E-state index in [2.05, 4.69) is 0 Å². The van der Waals surface area contributed by atoms with E-state index in [1.54, 1.807) is 60.7 Å². The summed E-state index contributed by atoms with van der Waals surface area (Å²) < 4.78 is 6.47. The molecule has 0 aliphatic carbocycles. The number of benzene rings is 7. The summed E-state index contributed by atoms with van der Waals surface area (Å²) in [5.74, 6) is -0.970. The third-order valence-corrected chi connectivity index (χ3v) is 11.0. The molecule has 7 aromatic carbocycles. The minimum atomic E-state index is -0.699. The number of fused-ring (bicyclic) bond motifs is 1. The number of hydrogen-bond acceptors (Lipinski definition) is 9. The molecule has 296 valence electrons. The zero-order valence-corrected chi connectivity index (χ0v) is 32.0. The van der Waals surface area contributed by atoms with Gasteiger partial charge in [0.25, 0.3) is 0 Å². The van der Waals surface area contributed by atoms with Crippen molar-refractivity contribution in [3.8, 4) is 46.0 Å². The second-order valence-electron chi connectivity index (χ2n) is 15.0. The first-order valence-corrected chi connectivity index (χ1v) is 19.3. The van der Waals surface area contributed by atoms with Crippen molar-refractivity contribution in [2.45, 2.75) is 44.6 Å². The average Bonchev–Trinajstić information content (AvgIpc) is 3.23. The van der Waals surface area contributed by atoms with Crippen molar-refractivity contribution >= 4 is 5.78 Å². The van der Waals surface area contributed by atoms with Gasteiger partial charge in [-0.3, -0.25) is 4.79 Å². The van der Waals surface area contributed by atoms with Crippen LogP contribution in [0.1, 0.15) is 84.1 Å². The number of phenols is 7. The van der Waals surface area contributed by atoms with Gasteiger partial charge < -0.3 is 40.5 Å². The molecule has 7 aromatic rings. The molecule has 0 spiro atoms. The molecule has 1 aliphatic heterocycles. The van der Waals surface area contributed by atoms with Crippen molar-refractivity contribution in [2.75, 3.05) is 0 Å². The first-order chi connectivity index (χ1) is 28.5. The van der Waals surface area contributed by atoms with Crippen molar-refractivity contribution in [1.82, 2.24) is 0 Å². The van der Waals surface area contributed by atoms with Crippen LogP contribution >= 0.6 is 0 Å². The molecule has 7 N–H and O–H groups in total. The molecule has 8 rings (SSSR count). The summed E-state index contributed by atoms with van der Waals surface area (Å²) in [5.41, 5.74) is 6.03. The van der Waals surface area contributed by atoms with E-state index in [1.807, 2.05) is 60.7 Å². The maximum Gasteiger partial charge on any atom is 0.174 e. The normalized spacial score (nSPS) is 13.5. The van der Waals surface area contributed by atoms with Crippen molar-refractivity contribution in [3.63, 3.8) is 0 Å². The number of para-hydroxylation sites is 2. The monoisotopic (exact) mass is 786 g/mol. The van der Waals surface area contributed by atoms with E-state index in [1.165, 1.54) is 12.1 Å². The van der Waals surface area contributed by atoms with E-state index in [4.69, 9.17) is 4.74 Å². The van der Waals surface area contributed by atoms with E-state index < -0.39 is 17.6 Å². The molecule has 0 saturated carbocycles. The number of hydrogen-bond donors (Lipinski definition) is 7. The minimum absolute atomic E-state index is 0.00123. The number of phenolic OH excluding ortho intramolecular Hbond substituents is 7. The Morgan fingerprint density at radius 1 is 0.441 bits per heavy atom. The third kappa shape index (κ3) is 8.09. The topological polar surface area (TPSA) is 168 Å². The summed E-state index contributed by atoms with van der Waals surface area (Å²) in [4.78, 5) is 14.0. The fourth-order valence-corrected chi connectivity index (χ4v) is 7.87. The summed E-state index contributed by atoms with van der Waals surface area (Å²) in [6, 6.07) is 38.5. The molecule has 0 fully saturated rings. The number of ether oxygens (including phenoxy) is 1. The summed E-state index contributed by atoms with van der Waals surface area (Å²) in [5, 5.41) is 77.7. The Morgan fingerprint density at radius 3 is 1.37 bits per heavy atom. The lowest BCUT2D eigenvalue weighted by atomic mass is 9.86. The molecule has 0 aromatic heterocycles. The first-order valence-electron chi connectivity index (χ1n) is 19.3. The fraction of sp³-hybridized carbons (Fsp3) is 0.140. The lowest BCUT2D eigenvalue weighted by molar-refractivity contribution is 0.0842. The molecule has 0 unspecified atom stereocenters. The van der Waals surface area contributed by atoms with Crippen LogP contribution < -0.4 is 4.74 Å². The van der Waals surface area contributed by atoms with Gasteiger partial charge in [-0.1, -0.05) is 103 Å². The highest BCUT2D eigenvalue weighted by atomic mass is 16.5. The zero-order valence-electron chi connectivity index (χ0n) is 32.0. The maximum absolute atomic E-state index is 14.0. The molecule has 1 atom stereocenters. The first kappa shape index (κ1) is 38.5. The highest BCUT2D eigenvalue weighted by molar-refractivity contribution is 6.04. The van der Waals surface area contributed by atoms with Crippen molar-refractivity contribution < 1.29 is 45.3 Å². The van der Waals surface area contributed by atoms with Gasteiger partial charge >= 0.3 is 0 Å². The Bertz CT molecular complexity index is 2700. The van der Waals surface area contributed by atoms with Crippen molar-refractivity contribution in [3.05, 3.63) is 200 Å². The van der Waals surface area contributed by atoms with Crippen LogP contribution in [0, 0.1) is 0 Å². The smallest absolute Gasteiger partial charge is 0.174 e. The van der Waals surface area contributed by atoms with Crippen LogP contribution in [0.2, 0.25) is 0 Å². The van der Waals surface area contributed by atoms with E-state index in [-0.39, 0.29) is 82.6 Å². The van der Waals surface area contributed by atoms with Gasteiger partial charge in [0.15, 0.2) is 5.78 Å². The minimum Gasteiger partial charge on any atom is -0.508 e. The van der Waals surface area contributed by atoms with Gasteiger partial charge in [-0.25, -0.2) is 0 Å². The average molecular weight is 787 g/mol. The number of rotatable bonds is 11. The number of Topliss-reactive ketones (excluding diaryl/α,β-unsaturated/α-hetero) is 1. The van der Waals surface area contributed by atoms with Gasteiger partial charge in [0.2, 0.25) is 0 Å². The Hall–Kier alpha value is -7.39. The highest BCUT2D eigenvalue weighted by Gasteiger charge is 2.36. The van der Waals surface area contributed by atoms with Crippen LogP contribution in [0.25, 0.3) is 0 Å². The number of ketones is 1. The molecule has 1 aliphatic rings. The number of carbonyl (C=O) groups excluding carboxylic acids is 1. The number of carbonyl (C=O) groups is 1. The largest absolute Gasteiger partial charge is 0.508 e. The summed E-state index contributed by atoms with van der Waals surface area (Å²) in [6.07, 6.45) is 0.0740. The molecule has 9 nitrogen and oxygen atoms in total. The van der Waals surface area contributed by atoms with Gasteiger partial charge in [0, 0.05) is 43.2 Å².